The van der Waals surface area contributed by atoms with Crippen LogP contribution >= 0.6 is 0 Å². The van der Waals surface area contributed by atoms with Gasteiger partial charge >= 0.3 is 0 Å². The summed E-state index contributed by atoms with van der Waals surface area (Å²) in [5, 5.41) is 3.99. The number of methoxy groups -OCH3 is 2. The first-order valence-electron chi connectivity index (χ1n) is 10.9. The van der Waals surface area contributed by atoms with Gasteiger partial charge in [-0.05, 0) is 47.9 Å². The van der Waals surface area contributed by atoms with E-state index in [1.54, 1.807) is 14.2 Å². The third-order valence-electron chi connectivity index (χ3n) is 5.51. The molecular formula is C27H28N2O4. The normalized spacial score (nSPS) is 10.7. The molecule has 1 N–H and O–H groups in total. The molecule has 0 aliphatic heterocycles. The van der Waals surface area contributed by atoms with Gasteiger partial charge in [-0.2, -0.15) is 0 Å². The molecule has 0 radical (unpaired) electrons. The van der Waals surface area contributed by atoms with Gasteiger partial charge in [0.1, 0.15) is 18.9 Å². The van der Waals surface area contributed by atoms with Crippen LogP contribution in [0.4, 0.5) is 0 Å². The lowest BCUT2D eigenvalue weighted by Crippen LogP contribution is -2.29. The average Bonchev–Trinajstić information content (AvgIpc) is 3.26. The lowest BCUT2D eigenvalue weighted by molar-refractivity contribution is -0.121. The van der Waals surface area contributed by atoms with E-state index in [0.29, 0.717) is 31.1 Å². The van der Waals surface area contributed by atoms with Crippen molar-refractivity contribution in [2.45, 2.75) is 19.6 Å². The molecule has 170 valence electrons. The van der Waals surface area contributed by atoms with Gasteiger partial charge in [0.05, 0.1) is 19.7 Å². The molecule has 33 heavy (non-hydrogen) atoms. The molecule has 6 heteroatoms. The number of ether oxygens (including phenoxy) is 3. The van der Waals surface area contributed by atoms with Gasteiger partial charge < -0.3 is 24.1 Å². The van der Waals surface area contributed by atoms with Gasteiger partial charge in [-0.25, -0.2) is 0 Å². The molecule has 4 rings (SSSR count). The van der Waals surface area contributed by atoms with Gasteiger partial charge in [-0.3, -0.25) is 4.79 Å². The maximum Gasteiger partial charge on any atom is 0.239 e. The SMILES string of the molecule is COc1ccc(CCNC(=O)Cn2ccc3c(OCc4ccccc4)cccc32)cc1OC. The number of carbonyl (C=O) groups excluding carboxylic acids is 1. The summed E-state index contributed by atoms with van der Waals surface area (Å²) in [7, 11) is 3.23. The molecule has 4 aromatic rings. The van der Waals surface area contributed by atoms with Gasteiger partial charge in [0.25, 0.3) is 0 Å². The molecule has 3 aromatic carbocycles. The molecule has 0 saturated heterocycles. The minimum atomic E-state index is -0.0383. The van der Waals surface area contributed by atoms with Crippen LogP contribution in [0.5, 0.6) is 17.2 Å². The third kappa shape index (κ3) is 5.47. The minimum Gasteiger partial charge on any atom is -0.493 e. The third-order valence-corrected chi connectivity index (χ3v) is 5.51. The summed E-state index contributed by atoms with van der Waals surface area (Å²) < 4.78 is 18.6. The number of aromatic nitrogens is 1. The standard InChI is InChI=1S/C27H28N2O4/c1-31-25-12-11-20(17-26(25)32-2)13-15-28-27(30)18-29-16-14-22-23(29)9-6-10-24(22)33-19-21-7-4-3-5-8-21/h3-12,14,16-17H,13,15,18-19H2,1-2H3,(H,28,30). The number of rotatable bonds is 10. The van der Waals surface area contributed by atoms with E-state index >= 15 is 0 Å². The topological polar surface area (TPSA) is 61.7 Å². The largest absolute Gasteiger partial charge is 0.493 e. The Morgan fingerprint density at radius 3 is 2.45 bits per heavy atom. The van der Waals surface area contributed by atoms with Crippen LogP contribution in [0.1, 0.15) is 11.1 Å². The lowest BCUT2D eigenvalue weighted by atomic mass is 10.1. The van der Waals surface area contributed by atoms with Crippen LogP contribution in [0, 0.1) is 0 Å². The minimum absolute atomic E-state index is 0.0383. The van der Waals surface area contributed by atoms with Crippen LogP contribution in [-0.2, 0) is 24.4 Å². The predicted molar refractivity (Wildman–Crippen MR) is 129 cm³/mol. The molecule has 0 aliphatic carbocycles. The summed E-state index contributed by atoms with van der Waals surface area (Å²) in [4.78, 5) is 12.6. The highest BCUT2D eigenvalue weighted by molar-refractivity contribution is 5.88. The average molecular weight is 445 g/mol. The molecule has 0 spiro atoms. The fourth-order valence-electron chi connectivity index (χ4n) is 3.79. The highest BCUT2D eigenvalue weighted by Crippen LogP contribution is 2.28. The Morgan fingerprint density at radius 1 is 0.848 bits per heavy atom. The zero-order valence-corrected chi connectivity index (χ0v) is 18.9. The van der Waals surface area contributed by atoms with Crippen molar-refractivity contribution in [3.05, 3.63) is 90.1 Å². The van der Waals surface area contributed by atoms with E-state index in [1.807, 2.05) is 83.6 Å². The van der Waals surface area contributed by atoms with Crippen molar-refractivity contribution < 1.29 is 19.0 Å². The van der Waals surface area contributed by atoms with Gasteiger partial charge in [0.15, 0.2) is 11.5 Å². The first-order valence-corrected chi connectivity index (χ1v) is 10.9. The number of carbonyl (C=O) groups is 1. The van der Waals surface area contributed by atoms with E-state index in [9.17, 15) is 4.79 Å². The lowest BCUT2D eigenvalue weighted by Gasteiger charge is -2.11. The number of hydrogen-bond donors (Lipinski definition) is 1. The van der Waals surface area contributed by atoms with E-state index in [0.717, 1.165) is 27.8 Å². The number of fused-ring (bicyclic) bond motifs is 1. The van der Waals surface area contributed by atoms with Gasteiger partial charge in [0, 0.05) is 18.1 Å². The van der Waals surface area contributed by atoms with Crippen molar-refractivity contribution in [3.8, 4) is 17.2 Å². The fraction of sp³-hybridized carbons (Fsp3) is 0.222. The van der Waals surface area contributed by atoms with E-state index < -0.39 is 0 Å². The summed E-state index contributed by atoms with van der Waals surface area (Å²) in [6.45, 7) is 1.29. The van der Waals surface area contributed by atoms with E-state index in [-0.39, 0.29) is 12.5 Å². The fourth-order valence-corrected chi connectivity index (χ4v) is 3.79. The predicted octanol–water partition coefficient (Wildman–Crippen LogP) is 4.60. The molecule has 0 bridgehead atoms. The number of nitrogens with zero attached hydrogens (tertiary/aromatic N) is 1. The van der Waals surface area contributed by atoms with Crippen molar-refractivity contribution in [2.24, 2.45) is 0 Å². The Morgan fingerprint density at radius 2 is 1.67 bits per heavy atom. The van der Waals surface area contributed by atoms with Crippen LogP contribution in [-0.4, -0.2) is 31.2 Å². The van der Waals surface area contributed by atoms with Crippen LogP contribution in [0.25, 0.3) is 10.9 Å². The van der Waals surface area contributed by atoms with Crippen molar-refractivity contribution in [3.63, 3.8) is 0 Å². The quantitative estimate of drug-likeness (QED) is 0.388. The molecule has 0 saturated carbocycles. The van der Waals surface area contributed by atoms with Crippen molar-refractivity contribution in [2.75, 3.05) is 20.8 Å². The van der Waals surface area contributed by atoms with Crippen LogP contribution in [0.15, 0.2) is 79.0 Å². The Labute approximate surface area is 193 Å². The zero-order valence-electron chi connectivity index (χ0n) is 18.9. The van der Waals surface area contributed by atoms with Crippen molar-refractivity contribution in [1.82, 2.24) is 9.88 Å². The second-order valence-electron chi connectivity index (χ2n) is 7.70. The second-order valence-corrected chi connectivity index (χ2v) is 7.70. The van der Waals surface area contributed by atoms with Gasteiger partial charge in [-0.1, -0.05) is 42.5 Å². The van der Waals surface area contributed by atoms with Crippen molar-refractivity contribution >= 4 is 16.8 Å². The Balaban J connectivity index is 1.34. The number of nitrogens with one attached hydrogen (secondary N) is 1. The molecular weight excluding hydrogens is 416 g/mol. The smallest absolute Gasteiger partial charge is 0.239 e. The summed E-state index contributed by atoms with van der Waals surface area (Å²) in [6.07, 6.45) is 2.63. The Kier molecular flexibility index (Phi) is 7.15. The maximum atomic E-state index is 12.6. The van der Waals surface area contributed by atoms with Crippen LogP contribution in [0.3, 0.4) is 0 Å². The first-order chi connectivity index (χ1) is 16.2. The summed E-state index contributed by atoms with van der Waals surface area (Å²) in [6, 6.07) is 23.8. The highest BCUT2D eigenvalue weighted by atomic mass is 16.5. The molecule has 0 aliphatic rings. The zero-order chi connectivity index (χ0) is 23.0. The molecule has 0 atom stereocenters. The van der Waals surface area contributed by atoms with Crippen molar-refractivity contribution in [1.29, 1.82) is 0 Å². The molecule has 1 heterocycles. The summed E-state index contributed by atoms with van der Waals surface area (Å²) >= 11 is 0. The second kappa shape index (κ2) is 10.6. The van der Waals surface area contributed by atoms with E-state index in [2.05, 4.69) is 5.32 Å². The number of benzene rings is 3. The molecule has 0 unspecified atom stereocenters. The summed E-state index contributed by atoms with van der Waals surface area (Å²) in [5.74, 6) is 2.15. The first kappa shape index (κ1) is 22.3. The van der Waals surface area contributed by atoms with Gasteiger partial charge in [-0.15, -0.1) is 0 Å². The van der Waals surface area contributed by atoms with Crippen LogP contribution < -0.4 is 19.5 Å². The van der Waals surface area contributed by atoms with Gasteiger partial charge in [0.2, 0.25) is 5.91 Å². The monoisotopic (exact) mass is 444 g/mol. The Bertz CT molecular complexity index is 1220. The van der Waals surface area contributed by atoms with Crippen LogP contribution in [0.2, 0.25) is 0 Å². The maximum absolute atomic E-state index is 12.6. The highest BCUT2D eigenvalue weighted by Gasteiger charge is 2.10. The molecule has 1 amide bonds. The summed E-state index contributed by atoms with van der Waals surface area (Å²) in [5.41, 5.74) is 3.15. The Hall–Kier alpha value is -3.93. The molecule has 1 aromatic heterocycles. The van der Waals surface area contributed by atoms with E-state index in [4.69, 9.17) is 14.2 Å². The molecule has 0 fully saturated rings. The number of hydrogen-bond acceptors (Lipinski definition) is 4. The number of amides is 1. The molecule has 6 nitrogen and oxygen atoms in total. The van der Waals surface area contributed by atoms with E-state index in [1.165, 1.54) is 0 Å².